The van der Waals surface area contributed by atoms with Crippen LogP contribution in [0.3, 0.4) is 0 Å². The van der Waals surface area contributed by atoms with Gasteiger partial charge in [-0.1, -0.05) is 30.7 Å². The lowest BCUT2D eigenvalue weighted by atomic mass is 10.0. The Kier molecular flexibility index (Phi) is 5.41. The Labute approximate surface area is 112 Å². The van der Waals surface area contributed by atoms with Crippen molar-refractivity contribution in [3.8, 4) is 6.07 Å². The molecule has 3 nitrogen and oxygen atoms in total. The molecule has 1 aromatic rings. The molecule has 0 radical (unpaired) electrons. The number of ether oxygens (including phenoxy) is 1. The first-order valence-corrected chi connectivity index (χ1v) is 6.08. The number of carbonyl (C=O) groups is 1. The lowest BCUT2D eigenvalue weighted by molar-refractivity contribution is 0.102. The Balaban J connectivity index is 3.23. The maximum absolute atomic E-state index is 12.2. The van der Waals surface area contributed by atoms with E-state index in [0.29, 0.717) is 29.4 Å². The third kappa shape index (κ3) is 3.12. The molecule has 1 aromatic carbocycles. The number of nitriles is 1. The fourth-order valence-electron chi connectivity index (χ4n) is 1.55. The molecule has 0 amide bonds. The van der Waals surface area contributed by atoms with Gasteiger partial charge in [-0.25, -0.2) is 0 Å². The summed E-state index contributed by atoms with van der Waals surface area (Å²) in [5.41, 5.74) is 0.341. The van der Waals surface area contributed by atoms with Gasteiger partial charge in [-0.3, -0.25) is 4.79 Å². The normalized spacial score (nSPS) is 11.4. The Hall–Kier alpha value is -1.79. The third-order valence-corrected chi connectivity index (χ3v) is 2.71. The number of rotatable bonds is 5. The summed E-state index contributed by atoms with van der Waals surface area (Å²) < 4.78 is 5.32. The number of allylic oxidation sites excluding steroid dienone is 2. The number of nitrogens with zero attached hydrogens (tertiary/aromatic N) is 1. The largest absolute Gasteiger partial charge is 0.497 e. The molecule has 0 heterocycles. The average molecular weight is 264 g/mol. The number of Topliss-reactive ketones (excluding diaryl/α,β-unsaturated/α-hetero) is 1. The maximum Gasteiger partial charge on any atom is 0.208 e. The Morgan fingerprint density at radius 1 is 1.39 bits per heavy atom. The summed E-state index contributed by atoms with van der Waals surface area (Å²) in [7, 11) is 0. The molecule has 0 saturated carbocycles. The number of halogens is 1. The first kappa shape index (κ1) is 14.3. The van der Waals surface area contributed by atoms with E-state index >= 15 is 0 Å². The van der Waals surface area contributed by atoms with Gasteiger partial charge in [0.25, 0.3) is 0 Å². The Morgan fingerprint density at radius 3 is 2.56 bits per heavy atom. The van der Waals surface area contributed by atoms with Crippen molar-refractivity contribution < 1.29 is 9.53 Å². The van der Waals surface area contributed by atoms with Crippen LogP contribution >= 0.6 is 11.6 Å². The van der Waals surface area contributed by atoms with Crippen molar-refractivity contribution in [1.29, 1.82) is 5.26 Å². The number of hydrogen-bond acceptors (Lipinski definition) is 3. The summed E-state index contributed by atoms with van der Waals surface area (Å²) in [5, 5.41) is 9.46. The van der Waals surface area contributed by atoms with E-state index in [0.717, 1.165) is 0 Å². The molecule has 0 atom stereocenters. The van der Waals surface area contributed by atoms with Crippen LogP contribution in [0, 0.1) is 11.3 Å². The summed E-state index contributed by atoms with van der Waals surface area (Å²) in [6.45, 7) is 4.07. The molecule has 0 aliphatic carbocycles. The summed E-state index contributed by atoms with van der Waals surface area (Å²) in [5.74, 6) is 0.0123. The molecule has 94 valence electrons. The molecule has 0 aliphatic heterocycles. The zero-order valence-electron chi connectivity index (χ0n) is 10.4. The van der Waals surface area contributed by atoms with Crippen LogP contribution in [0.5, 0.6) is 0 Å². The number of carbonyl (C=O) groups excluding carboxylic acids is 1. The molecule has 0 aliphatic rings. The van der Waals surface area contributed by atoms with Gasteiger partial charge in [0.15, 0.2) is 0 Å². The van der Waals surface area contributed by atoms with Crippen LogP contribution in [-0.4, -0.2) is 12.4 Å². The van der Waals surface area contributed by atoms with Crippen LogP contribution in [0.15, 0.2) is 35.6 Å². The van der Waals surface area contributed by atoms with Crippen molar-refractivity contribution in [2.24, 2.45) is 0 Å². The molecular weight excluding hydrogens is 250 g/mol. The van der Waals surface area contributed by atoms with Crippen molar-refractivity contribution in [3.63, 3.8) is 0 Å². The lowest BCUT2D eigenvalue weighted by Crippen LogP contribution is -2.08. The Bertz CT molecular complexity index is 515. The van der Waals surface area contributed by atoms with Gasteiger partial charge >= 0.3 is 0 Å². The molecule has 4 heteroatoms. The molecular formula is C14H14ClNO2. The van der Waals surface area contributed by atoms with E-state index in [2.05, 4.69) is 0 Å². The topological polar surface area (TPSA) is 50.1 Å². The Morgan fingerprint density at radius 2 is 2.06 bits per heavy atom. The second-order valence-electron chi connectivity index (χ2n) is 3.51. The number of hydrogen-bond donors (Lipinski definition) is 0. The van der Waals surface area contributed by atoms with Crippen molar-refractivity contribution in [3.05, 3.63) is 46.2 Å². The van der Waals surface area contributed by atoms with E-state index in [1.165, 1.54) is 0 Å². The number of benzene rings is 1. The second-order valence-corrected chi connectivity index (χ2v) is 3.91. The molecule has 0 aromatic heterocycles. The van der Waals surface area contributed by atoms with Crippen LogP contribution in [0.1, 0.15) is 30.6 Å². The van der Waals surface area contributed by atoms with Crippen molar-refractivity contribution in [1.82, 2.24) is 0 Å². The van der Waals surface area contributed by atoms with Crippen LogP contribution in [-0.2, 0) is 4.74 Å². The molecule has 0 unspecified atom stereocenters. The zero-order valence-corrected chi connectivity index (χ0v) is 11.1. The standard InChI is InChI=1S/C14H14ClNO2/c1-3-13(18-4-2)11(9-16)14(17)10-7-5-6-8-12(10)15/h5-8H,3-4H2,1-2H3. The highest BCUT2D eigenvalue weighted by Gasteiger charge is 2.19. The quantitative estimate of drug-likeness (QED) is 0.352. The van der Waals surface area contributed by atoms with Crippen LogP contribution in [0.25, 0.3) is 0 Å². The molecule has 0 bridgehead atoms. The van der Waals surface area contributed by atoms with E-state index in [-0.39, 0.29) is 5.57 Å². The van der Waals surface area contributed by atoms with Gasteiger partial charge in [0.05, 0.1) is 11.6 Å². The third-order valence-electron chi connectivity index (χ3n) is 2.38. The van der Waals surface area contributed by atoms with Crippen LogP contribution in [0.4, 0.5) is 0 Å². The van der Waals surface area contributed by atoms with Gasteiger partial charge in [0.1, 0.15) is 17.4 Å². The van der Waals surface area contributed by atoms with Gasteiger partial charge < -0.3 is 4.74 Å². The molecule has 18 heavy (non-hydrogen) atoms. The minimum Gasteiger partial charge on any atom is -0.497 e. The van der Waals surface area contributed by atoms with Gasteiger partial charge in [-0.05, 0) is 19.1 Å². The highest BCUT2D eigenvalue weighted by molar-refractivity contribution is 6.35. The SMILES string of the molecule is CCOC(CC)=C(C#N)C(=O)c1ccccc1Cl. The average Bonchev–Trinajstić information content (AvgIpc) is 2.38. The zero-order chi connectivity index (χ0) is 13.5. The van der Waals surface area contributed by atoms with Crippen molar-refractivity contribution in [2.45, 2.75) is 20.3 Å². The molecule has 0 spiro atoms. The molecule has 0 saturated heterocycles. The fourth-order valence-corrected chi connectivity index (χ4v) is 1.77. The predicted molar refractivity (Wildman–Crippen MR) is 70.3 cm³/mol. The highest BCUT2D eigenvalue weighted by Crippen LogP contribution is 2.21. The van der Waals surface area contributed by atoms with Gasteiger partial charge in [0, 0.05) is 12.0 Å². The van der Waals surface area contributed by atoms with E-state index in [1.54, 1.807) is 24.3 Å². The van der Waals surface area contributed by atoms with E-state index < -0.39 is 5.78 Å². The summed E-state index contributed by atoms with van der Waals surface area (Å²) >= 11 is 5.95. The predicted octanol–water partition coefficient (Wildman–Crippen LogP) is 3.75. The summed E-state index contributed by atoms with van der Waals surface area (Å²) in [6, 6.07) is 8.57. The van der Waals surface area contributed by atoms with Gasteiger partial charge in [0.2, 0.25) is 5.78 Å². The van der Waals surface area contributed by atoms with E-state index in [4.69, 9.17) is 21.6 Å². The van der Waals surface area contributed by atoms with Gasteiger partial charge in [-0.15, -0.1) is 0 Å². The second kappa shape index (κ2) is 6.83. The van der Waals surface area contributed by atoms with Crippen molar-refractivity contribution >= 4 is 17.4 Å². The van der Waals surface area contributed by atoms with E-state index in [9.17, 15) is 4.79 Å². The molecule has 0 N–H and O–H groups in total. The minimum absolute atomic E-state index is 0.0208. The minimum atomic E-state index is -0.395. The summed E-state index contributed by atoms with van der Waals surface area (Å²) in [4.78, 5) is 12.2. The maximum atomic E-state index is 12.2. The number of ketones is 1. The van der Waals surface area contributed by atoms with Gasteiger partial charge in [-0.2, -0.15) is 5.26 Å². The van der Waals surface area contributed by atoms with Crippen LogP contribution in [0.2, 0.25) is 5.02 Å². The van der Waals surface area contributed by atoms with Crippen LogP contribution < -0.4 is 0 Å². The monoisotopic (exact) mass is 263 g/mol. The molecule has 0 fully saturated rings. The van der Waals surface area contributed by atoms with E-state index in [1.807, 2.05) is 19.9 Å². The fraction of sp³-hybridized carbons (Fsp3) is 0.286. The van der Waals surface area contributed by atoms with Crippen molar-refractivity contribution in [2.75, 3.05) is 6.61 Å². The highest BCUT2D eigenvalue weighted by atomic mass is 35.5. The smallest absolute Gasteiger partial charge is 0.208 e. The first-order chi connectivity index (χ1) is 8.65. The first-order valence-electron chi connectivity index (χ1n) is 5.70. The lowest BCUT2D eigenvalue weighted by Gasteiger charge is -2.09. The summed E-state index contributed by atoms with van der Waals surface area (Å²) in [6.07, 6.45) is 0.493. The molecule has 1 rings (SSSR count).